The molecule has 2 rings (SSSR count). The third-order valence-corrected chi connectivity index (χ3v) is 2.28. The lowest BCUT2D eigenvalue weighted by Crippen LogP contribution is -2.51. The Hall–Kier alpha value is -2.44. The summed E-state index contributed by atoms with van der Waals surface area (Å²) in [6.07, 6.45) is 1.33. The Morgan fingerprint density at radius 2 is 2.00 bits per heavy atom. The van der Waals surface area contributed by atoms with Crippen LogP contribution in [0.15, 0.2) is 18.3 Å². The second kappa shape index (κ2) is 4.20. The Balaban J connectivity index is 2.27. The van der Waals surface area contributed by atoms with Crippen molar-refractivity contribution >= 4 is 23.5 Å². The van der Waals surface area contributed by atoms with Crippen LogP contribution in [0.4, 0.5) is 5.69 Å². The van der Waals surface area contributed by atoms with Crippen molar-refractivity contribution < 1.29 is 19.5 Å². The van der Waals surface area contributed by atoms with Gasteiger partial charge < -0.3 is 10.0 Å². The monoisotopic (exact) mass is 235 g/mol. The van der Waals surface area contributed by atoms with E-state index in [2.05, 4.69) is 10.3 Å². The van der Waals surface area contributed by atoms with Crippen molar-refractivity contribution in [1.82, 2.24) is 10.3 Å². The van der Waals surface area contributed by atoms with Crippen molar-refractivity contribution in [1.29, 1.82) is 0 Å². The normalized spacial score (nSPS) is 15.6. The molecular weight excluding hydrogens is 226 g/mol. The maximum Gasteiger partial charge on any atom is 0.354 e. The highest BCUT2D eigenvalue weighted by Crippen LogP contribution is 2.15. The molecule has 0 saturated carbocycles. The number of pyridine rings is 1. The zero-order valence-electron chi connectivity index (χ0n) is 8.71. The SMILES string of the molecule is O=C1CN(c2ccnc(C(=O)O)c2)CC(=O)N1. The summed E-state index contributed by atoms with van der Waals surface area (Å²) in [4.78, 5) is 38.2. The van der Waals surface area contributed by atoms with Gasteiger partial charge in [-0.15, -0.1) is 0 Å². The van der Waals surface area contributed by atoms with Gasteiger partial charge >= 0.3 is 5.97 Å². The van der Waals surface area contributed by atoms with E-state index in [9.17, 15) is 14.4 Å². The lowest BCUT2D eigenvalue weighted by atomic mass is 10.2. The molecule has 2 amide bonds. The predicted molar refractivity (Wildman–Crippen MR) is 56.6 cm³/mol. The first-order valence-electron chi connectivity index (χ1n) is 4.83. The molecular formula is C10H9N3O4. The molecule has 1 saturated heterocycles. The minimum Gasteiger partial charge on any atom is -0.477 e. The molecule has 17 heavy (non-hydrogen) atoms. The first kappa shape index (κ1) is 11.1. The first-order valence-corrected chi connectivity index (χ1v) is 4.83. The molecule has 2 N–H and O–H groups in total. The number of imide groups is 1. The van der Waals surface area contributed by atoms with Crippen LogP contribution in [0.5, 0.6) is 0 Å². The summed E-state index contributed by atoms with van der Waals surface area (Å²) in [6.45, 7) is 0.0453. The van der Waals surface area contributed by atoms with Gasteiger partial charge in [-0.3, -0.25) is 14.9 Å². The van der Waals surface area contributed by atoms with E-state index in [0.29, 0.717) is 5.69 Å². The number of nitrogens with zero attached hydrogens (tertiary/aromatic N) is 2. The van der Waals surface area contributed by atoms with Gasteiger partial charge in [0, 0.05) is 11.9 Å². The van der Waals surface area contributed by atoms with Gasteiger partial charge in [-0.25, -0.2) is 9.78 Å². The number of aromatic nitrogens is 1. The highest BCUT2D eigenvalue weighted by atomic mass is 16.4. The van der Waals surface area contributed by atoms with Gasteiger partial charge in [-0.05, 0) is 12.1 Å². The molecule has 1 aliphatic rings. The molecule has 0 radical (unpaired) electrons. The van der Waals surface area contributed by atoms with Crippen LogP contribution in [0, 0.1) is 0 Å². The summed E-state index contributed by atoms with van der Waals surface area (Å²) in [5.41, 5.74) is 0.363. The van der Waals surface area contributed by atoms with E-state index in [1.54, 1.807) is 6.07 Å². The zero-order valence-corrected chi connectivity index (χ0v) is 8.71. The lowest BCUT2D eigenvalue weighted by molar-refractivity contribution is -0.130. The molecule has 7 heteroatoms. The number of carbonyl (C=O) groups is 3. The van der Waals surface area contributed by atoms with Gasteiger partial charge in [0.1, 0.15) is 5.69 Å². The Bertz CT molecular complexity index is 484. The van der Waals surface area contributed by atoms with Gasteiger partial charge in [-0.2, -0.15) is 0 Å². The largest absolute Gasteiger partial charge is 0.477 e. The summed E-state index contributed by atoms with van der Waals surface area (Å²) in [7, 11) is 0. The molecule has 0 unspecified atom stereocenters. The Morgan fingerprint density at radius 3 is 2.59 bits per heavy atom. The van der Waals surface area contributed by atoms with Crippen LogP contribution in [-0.2, 0) is 9.59 Å². The molecule has 7 nitrogen and oxygen atoms in total. The summed E-state index contributed by atoms with van der Waals surface area (Å²) < 4.78 is 0. The highest BCUT2D eigenvalue weighted by Gasteiger charge is 2.23. The minimum atomic E-state index is -1.15. The minimum absolute atomic E-state index is 0.0226. The summed E-state index contributed by atoms with van der Waals surface area (Å²) in [6, 6.07) is 2.88. The van der Waals surface area contributed by atoms with E-state index in [1.165, 1.54) is 17.2 Å². The van der Waals surface area contributed by atoms with Crippen molar-refractivity contribution in [2.24, 2.45) is 0 Å². The number of hydrogen-bond acceptors (Lipinski definition) is 5. The number of rotatable bonds is 2. The Morgan fingerprint density at radius 1 is 1.35 bits per heavy atom. The molecule has 1 aromatic heterocycles. The quantitative estimate of drug-likeness (QED) is 0.654. The van der Waals surface area contributed by atoms with E-state index in [0.717, 1.165) is 0 Å². The summed E-state index contributed by atoms with van der Waals surface area (Å²) >= 11 is 0. The number of piperazine rings is 1. The summed E-state index contributed by atoms with van der Waals surface area (Å²) in [5.74, 6) is -1.97. The van der Waals surface area contributed by atoms with Gasteiger partial charge in [0.2, 0.25) is 11.8 Å². The second-order valence-corrected chi connectivity index (χ2v) is 3.53. The van der Waals surface area contributed by atoms with Crippen LogP contribution in [0.1, 0.15) is 10.5 Å². The van der Waals surface area contributed by atoms with Crippen molar-refractivity contribution in [2.45, 2.75) is 0 Å². The van der Waals surface area contributed by atoms with E-state index in [1.807, 2.05) is 0 Å². The summed E-state index contributed by atoms with van der Waals surface area (Å²) in [5, 5.41) is 10.9. The van der Waals surface area contributed by atoms with Gasteiger partial charge in [0.15, 0.2) is 0 Å². The van der Waals surface area contributed by atoms with Crippen molar-refractivity contribution in [2.75, 3.05) is 18.0 Å². The molecule has 1 aliphatic heterocycles. The number of anilines is 1. The number of nitrogens with one attached hydrogen (secondary N) is 1. The van der Waals surface area contributed by atoms with Gasteiger partial charge in [0.05, 0.1) is 13.1 Å². The topological polar surface area (TPSA) is 99.6 Å². The smallest absolute Gasteiger partial charge is 0.354 e. The van der Waals surface area contributed by atoms with Crippen LogP contribution in [0.2, 0.25) is 0 Å². The second-order valence-electron chi connectivity index (χ2n) is 3.53. The van der Waals surface area contributed by atoms with Crippen molar-refractivity contribution in [3.05, 3.63) is 24.0 Å². The number of hydrogen-bond donors (Lipinski definition) is 2. The van der Waals surface area contributed by atoms with Gasteiger partial charge in [-0.1, -0.05) is 0 Å². The van der Waals surface area contributed by atoms with E-state index < -0.39 is 17.8 Å². The number of amides is 2. The van der Waals surface area contributed by atoms with Gasteiger partial charge in [0.25, 0.3) is 0 Å². The first-order chi connectivity index (χ1) is 8.06. The highest BCUT2D eigenvalue weighted by molar-refractivity contribution is 6.02. The molecule has 1 fully saturated rings. The number of carboxylic acid groups (broad SMARTS) is 1. The third kappa shape index (κ3) is 2.39. The van der Waals surface area contributed by atoms with Crippen LogP contribution in [0.3, 0.4) is 0 Å². The van der Waals surface area contributed by atoms with Crippen LogP contribution >= 0.6 is 0 Å². The fraction of sp³-hybridized carbons (Fsp3) is 0.200. The third-order valence-electron chi connectivity index (χ3n) is 2.28. The predicted octanol–water partition coefficient (Wildman–Crippen LogP) is -0.757. The fourth-order valence-corrected chi connectivity index (χ4v) is 1.55. The zero-order chi connectivity index (χ0) is 12.4. The average Bonchev–Trinajstić information content (AvgIpc) is 2.28. The lowest BCUT2D eigenvalue weighted by Gasteiger charge is -2.27. The Kier molecular flexibility index (Phi) is 2.73. The van der Waals surface area contributed by atoms with Crippen LogP contribution < -0.4 is 10.2 Å². The molecule has 0 spiro atoms. The van der Waals surface area contributed by atoms with E-state index in [4.69, 9.17) is 5.11 Å². The maximum absolute atomic E-state index is 11.2. The molecule has 0 bridgehead atoms. The molecule has 1 aromatic rings. The van der Waals surface area contributed by atoms with Crippen molar-refractivity contribution in [3.63, 3.8) is 0 Å². The number of carboxylic acids is 1. The maximum atomic E-state index is 11.2. The molecule has 88 valence electrons. The number of aromatic carboxylic acids is 1. The number of carbonyl (C=O) groups excluding carboxylic acids is 2. The molecule has 0 aliphatic carbocycles. The van der Waals surface area contributed by atoms with E-state index >= 15 is 0 Å². The van der Waals surface area contributed by atoms with Crippen LogP contribution in [-0.4, -0.2) is 41.0 Å². The van der Waals surface area contributed by atoms with E-state index in [-0.39, 0.29) is 18.8 Å². The fourth-order valence-electron chi connectivity index (χ4n) is 1.55. The molecule has 0 atom stereocenters. The molecule has 2 heterocycles. The average molecular weight is 235 g/mol. The Labute approximate surface area is 96.1 Å². The van der Waals surface area contributed by atoms with Crippen molar-refractivity contribution in [3.8, 4) is 0 Å². The van der Waals surface area contributed by atoms with Crippen LogP contribution in [0.25, 0.3) is 0 Å². The standard InChI is InChI=1S/C10H9N3O4/c14-8-4-13(5-9(15)12-8)6-1-2-11-7(3-6)10(16)17/h1-3H,4-5H2,(H,16,17)(H,12,14,15). The molecule has 0 aromatic carbocycles.